The molecule has 0 radical (unpaired) electrons. The number of hydrogen-bond acceptors (Lipinski definition) is 2. The van der Waals surface area contributed by atoms with E-state index in [4.69, 9.17) is 11.2 Å². The summed E-state index contributed by atoms with van der Waals surface area (Å²) in [6, 6.07) is 14.0. The van der Waals surface area contributed by atoms with Crippen molar-refractivity contribution in [3.63, 3.8) is 0 Å². The minimum Gasteiger partial charge on any atom is -0.486 e. The number of terminal acetylenes is 1. The van der Waals surface area contributed by atoms with E-state index in [1.165, 1.54) is 0 Å². The third kappa shape index (κ3) is 3.27. The van der Waals surface area contributed by atoms with Crippen molar-refractivity contribution in [1.29, 1.82) is 0 Å². The largest absolute Gasteiger partial charge is 0.486 e. The number of imidazole rings is 1. The fourth-order valence-corrected chi connectivity index (χ4v) is 2.51. The predicted octanol–water partition coefficient (Wildman–Crippen LogP) is 3.91. The van der Waals surface area contributed by atoms with E-state index in [9.17, 15) is 0 Å². The Balaban J connectivity index is 1.77. The van der Waals surface area contributed by atoms with Gasteiger partial charge in [-0.2, -0.15) is 0 Å². The molecule has 0 amide bonds. The third-order valence-electron chi connectivity index (χ3n) is 3.63. The number of aryl methyl sites for hydroxylation is 1. The van der Waals surface area contributed by atoms with Crippen LogP contribution in [0.2, 0.25) is 0 Å². The van der Waals surface area contributed by atoms with Crippen LogP contribution in [-0.2, 0) is 6.42 Å². The number of fused-ring (bicyclic) bond motifs is 1. The van der Waals surface area contributed by atoms with Gasteiger partial charge < -0.3 is 4.74 Å². The van der Waals surface area contributed by atoms with Gasteiger partial charge in [-0.05, 0) is 30.7 Å². The third-order valence-corrected chi connectivity index (χ3v) is 3.63. The van der Waals surface area contributed by atoms with Gasteiger partial charge in [0.1, 0.15) is 6.61 Å². The number of rotatable bonds is 5. The molecule has 0 aliphatic rings. The van der Waals surface area contributed by atoms with Crippen LogP contribution in [-0.4, -0.2) is 16.0 Å². The van der Waals surface area contributed by atoms with Crippen molar-refractivity contribution in [2.75, 3.05) is 6.61 Å². The van der Waals surface area contributed by atoms with Crippen LogP contribution in [0.5, 0.6) is 5.75 Å². The number of nitrogens with zero attached hydrogens (tertiary/aromatic N) is 2. The summed E-state index contributed by atoms with van der Waals surface area (Å²) in [6.45, 7) is 2.46. The quantitative estimate of drug-likeness (QED) is 0.668. The SMILES string of the molecule is C#CCc1c(C)nc2c(OC/C=C/c3ccccc3)cccn12. The van der Waals surface area contributed by atoms with Crippen molar-refractivity contribution < 1.29 is 4.74 Å². The van der Waals surface area contributed by atoms with Crippen molar-refractivity contribution in [2.45, 2.75) is 13.3 Å². The maximum absolute atomic E-state index is 5.87. The normalized spacial score (nSPS) is 11.0. The molecule has 0 aliphatic heterocycles. The monoisotopic (exact) mass is 302 g/mol. The highest BCUT2D eigenvalue weighted by Gasteiger charge is 2.11. The van der Waals surface area contributed by atoms with Crippen LogP contribution in [0.15, 0.2) is 54.7 Å². The van der Waals surface area contributed by atoms with Crippen LogP contribution in [0.4, 0.5) is 0 Å². The van der Waals surface area contributed by atoms with Gasteiger partial charge in [-0.15, -0.1) is 12.3 Å². The van der Waals surface area contributed by atoms with Crippen LogP contribution in [0, 0.1) is 19.3 Å². The second-order valence-corrected chi connectivity index (χ2v) is 5.21. The van der Waals surface area contributed by atoms with Crippen molar-refractivity contribution in [3.8, 4) is 18.1 Å². The second kappa shape index (κ2) is 6.85. The molecule has 2 aromatic heterocycles. The molecule has 0 saturated heterocycles. The maximum atomic E-state index is 5.87. The summed E-state index contributed by atoms with van der Waals surface area (Å²) < 4.78 is 7.87. The molecule has 0 N–H and O–H groups in total. The Morgan fingerprint density at radius 1 is 1.22 bits per heavy atom. The highest BCUT2D eigenvalue weighted by molar-refractivity contribution is 5.56. The molecule has 0 saturated carbocycles. The summed E-state index contributed by atoms with van der Waals surface area (Å²) in [5.74, 6) is 3.44. The summed E-state index contributed by atoms with van der Waals surface area (Å²) in [6.07, 6.45) is 12.0. The molecule has 0 fully saturated rings. The number of hydrogen-bond donors (Lipinski definition) is 0. The zero-order chi connectivity index (χ0) is 16.1. The van der Waals surface area contributed by atoms with E-state index in [-0.39, 0.29) is 0 Å². The Morgan fingerprint density at radius 3 is 2.83 bits per heavy atom. The van der Waals surface area contributed by atoms with E-state index in [0.717, 1.165) is 28.3 Å². The van der Waals surface area contributed by atoms with E-state index >= 15 is 0 Å². The molecule has 3 nitrogen and oxygen atoms in total. The minimum absolute atomic E-state index is 0.491. The molecule has 1 aromatic carbocycles. The smallest absolute Gasteiger partial charge is 0.180 e. The summed E-state index contributed by atoms with van der Waals surface area (Å²) >= 11 is 0. The highest BCUT2D eigenvalue weighted by Crippen LogP contribution is 2.22. The van der Waals surface area contributed by atoms with E-state index in [1.807, 2.05) is 60.0 Å². The molecule has 0 aliphatic carbocycles. The zero-order valence-electron chi connectivity index (χ0n) is 13.1. The summed E-state index contributed by atoms with van der Waals surface area (Å²) in [5.41, 5.74) is 3.94. The molecule has 0 unspecified atom stereocenters. The molecule has 0 atom stereocenters. The first-order valence-corrected chi connectivity index (χ1v) is 7.54. The summed E-state index contributed by atoms with van der Waals surface area (Å²) in [5, 5.41) is 0. The number of benzene rings is 1. The summed E-state index contributed by atoms with van der Waals surface area (Å²) in [4.78, 5) is 4.59. The lowest BCUT2D eigenvalue weighted by Gasteiger charge is -2.05. The van der Waals surface area contributed by atoms with Crippen LogP contribution in [0.25, 0.3) is 11.7 Å². The predicted molar refractivity (Wildman–Crippen MR) is 93.4 cm³/mol. The maximum Gasteiger partial charge on any atom is 0.180 e. The standard InChI is InChI=1S/C20H18N2O/c1-3-9-18-16(2)21-20-19(13-7-14-22(18)20)23-15-8-12-17-10-5-4-6-11-17/h1,4-8,10-14H,9,15H2,2H3/b12-8+. The molecule has 23 heavy (non-hydrogen) atoms. The zero-order valence-corrected chi connectivity index (χ0v) is 13.1. The Hall–Kier alpha value is -2.99. The second-order valence-electron chi connectivity index (χ2n) is 5.21. The number of ether oxygens (including phenoxy) is 1. The fourth-order valence-electron chi connectivity index (χ4n) is 2.51. The van der Waals surface area contributed by atoms with Crippen molar-refractivity contribution in [1.82, 2.24) is 9.38 Å². The lowest BCUT2D eigenvalue weighted by atomic mass is 10.2. The molecule has 3 aromatic rings. The topological polar surface area (TPSA) is 26.5 Å². The lowest BCUT2D eigenvalue weighted by molar-refractivity contribution is 0.365. The van der Waals surface area contributed by atoms with E-state index < -0.39 is 0 Å². The van der Waals surface area contributed by atoms with Crippen LogP contribution >= 0.6 is 0 Å². The summed E-state index contributed by atoms with van der Waals surface area (Å²) in [7, 11) is 0. The molecule has 2 heterocycles. The molecule has 0 bridgehead atoms. The molecular formula is C20H18N2O. The van der Waals surface area contributed by atoms with Gasteiger partial charge in [-0.25, -0.2) is 4.98 Å². The van der Waals surface area contributed by atoms with Crippen LogP contribution in [0.3, 0.4) is 0 Å². The van der Waals surface area contributed by atoms with Gasteiger partial charge in [0.15, 0.2) is 11.4 Å². The van der Waals surface area contributed by atoms with Gasteiger partial charge in [0.25, 0.3) is 0 Å². The Morgan fingerprint density at radius 2 is 2.04 bits per heavy atom. The van der Waals surface area contributed by atoms with Gasteiger partial charge >= 0.3 is 0 Å². The first kappa shape index (κ1) is 14.9. The first-order valence-electron chi connectivity index (χ1n) is 7.54. The van der Waals surface area contributed by atoms with E-state index in [2.05, 4.69) is 23.0 Å². The number of pyridine rings is 1. The molecule has 3 rings (SSSR count). The molecule has 3 heteroatoms. The minimum atomic E-state index is 0.491. The van der Waals surface area contributed by atoms with Gasteiger partial charge in [0.05, 0.1) is 17.8 Å². The van der Waals surface area contributed by atoms with Gasteiger partial charge in [0, 0.05) is 6.20 Å². The van der Waals surface area contributed by atoms with E-state index in [1.54, 1.807) is 0 Å². The average Bonchev–Trinajstić information content (AvgIpc) is 2.90. The lowest BCUT2D eigenvalue weighted by Crippen LogP contribution is -1.98. The van der Waals surface area contributed by atoms with Crippen molar-refractivity contribution in [2.24, 2.45) is 0 Å². The average molecular weight is 302 g/mol. The Bertz CT molecular complexity index is 870. The fraction of sp³-hybridized carbons (Fsp3) is 0.150. The van der Waals surface area contributed by atoms with Crippen LogP contribution < -0.4 is 4.74 Å². The van der Waals surface area contributed by atoms with E-state index in [0.29, 0.717) is 13.0 Å². The van der Waals surface area contributed by atoms with Crippen molar-refractivity contribution in [3.05, 3.63) is 71.7 Å². The molecule has 0 spiro atoms. The van der Waals surface area contributed by atoms with Gasteiger partial charge in [-0.1, -0.05) is 36.4 Å². The highest BCUT2D eigenvalue weighted by atomic mass is 16.5. The van der Waals surface area contributed by atoms with Gasteiger partial charge in [-0.3, -0.25) is 4.40 Å². The Labute approximate surface area is 136 Å². The Kier molecular flexibility index (Phi) is 4.44. The van der Waals surface area contributed by atoms with Crippen LogP contribution in [0.1, 0.15) is 17.0 Å². The van der Waals surface area contributed by atoms with Crippen molar-refractivity contribution >= 4 is 11.7 Å². The molecule has 114 valence electrons. The number of aromatic nitrogens is 2. The first-order chi connectivity index (χ1) is 11.3. The van der Waals surface area contributed by atoms with Gasteiger partial charge in [0.2, 0.25) is 0 Å². The molecular weight excluding hydrogens is 284 g/mol.